The second-order valence-electron chi connectivity index (χ2n) is 8.19. The minimum Gasteiger partial charge on any atom is -0.491 e. The fourth-order valence-corrected chi connectivity index (χ4v) is 4.24. The largest absolute Gasteiger partial charge is 0.491 e. The number of rotatable bonds is 8. The fourth-order valence-electron chi connectivity index (χ4n) is 4.06. The third kappa shape index (κ3) is 4.98. The molecule has 5 rings (SSSR count). The molecular formula is C27H25ClN4O2. The summed E-state index contributed by atoms with van der Waals surface area (Å²) in [5.41, 5.74) is 2.90. The standard InChI is InChI=1S/C27H25ClN4O2/c28-20-12-7-13-22(14-20)34-17-21-15-23-26(29-21)31-25(19-10-5-2-6-11-19)32-27(23)30-24(16-33)18-8-3-1-4-9-18/h1-14,21,24,33H,15-17H2,(H2,29,30,31,32)/t21?,24-/m1/s1. The molecule has 7 heteroatoms. The van der Waals surface area contributed by atoms with E-state index in [1.54, 1.807) is 6.07 Å². The average molecular weight is 473 g/mol. The van der Waals surface area contributed by atoms with Crippen LogP contribution in [0.15, 0.2) is 84.9 Å². The van der Waals surface area contributed by atoms with Crippen molar-refractivity contribution < 1.29 is 9.84 Å². The van der Waals surface area contributed by atoms with Gasteiger partial charge in [0.05, 0.1) is 18.7 Å². The highest BCUT2D eigenvalue weighted by atomic mass is 35.5. The molecule has 0 radical (unpaired) electrons. The van der Waals surface area contributed by atoms with E-state index in [0.29, 0.717) is 29.7 Å². The van der Waals surface area contributed by atoms with Crippen molar-refractivity contribution in [1.29, 1.82) is 0 Å². The zero-order valence-corrected chi connectivity index (χ0v) is 19.2. The first-order valence-electron chi connectivity index (χ1n) is 11.2. The van der Waals surface area contributed by atoms with Gasteiger partial charge < -0.3 is 20.5 Å². The van der Waals surface area contributed by atoms with Crippen LogP contribution in [0.2, 0.25) is 5.02 Å². The van der Waals surface area contributed by atoms with Crippen LogP contribution >= 0.6 is 11.6 Å². The number of aliphatic hydroxyl groups is 1. The summed E-state index contributed by atoms with van der Waals surface area (Å²) in [5, 5.41) is 17.7. The van der Waals surface area contributed by atoms with E-state index in [1.165, 1.54) is 0 Å². The highest BCUT2D eigenvalue weighted by molar-refractivity contribution is 6.30. The number of aromatic nitrogens is 2. The number of halogens is 1. The fraction of sp³-hybridized carbons (Fsp3) is 0.185. The SMILES string of the molecule is OC[C@@H](Nc1nc(-c2ccccc2)nc2c1CC(COc1cccc(Cl)c1)N2)c1ccccc1. The average Bonchev–Trinajstić information content (AvgIpc) is 3.30. The zero-order valence-electron chi connectivity index (χ0n) is 18.5. The molecule has 0 fully saturated rings. The van der Waals surface area contributed by atoms with Gasteiger partial charge in [-0.25, -0.2) is 9.97 Å². The number of ether oxygens (including phenoxy) is 1. The summed E-state index contributed by atoms with van der Waals surface area (Å²) in [6, 6.07) is 26.9. The van der Waals surface area contributed by atoms with Crippen LogP contribution in [0.4, 0.5) is 11.6 Å². The van der Waals surface area contributed by atoms with Crippen molar-refractivity contribution in [1.82, 2.24) is 9.97 Å². The molecular weight excluding hydrogens is 448 g/mol. The number of nitrogens with zero attached hydrogens (tertiary/aromatic N) is 2. The molecule has 0 spiro atoms. The maximum atomic E-state index is 10.1. The number of hydrogen-bond acceptors (Lipinski definition) is 6. The van der Waals surface area contributed by atoms with Crippen LogP contribution in [0.1, 0.15) is 17.2 Å². The second-order valence-corrected chi connectivity index (χ2v) is 8.63. The molecule has 3 N–H and O–H groups in total. The molecule has 1 aliphatic rings. The van der Waals surface area contributed by atoms with Crippen LogP contribution in [0.5, 0.6) is 5.75 Å². The van der Waals surface area contributed by atoms with Crippen LogP contribution < -0.4 is 15.4 Å². The summed E-state index contributed by atoms with van der Waals surface area (Å²) < 4.78 is 5.97. The van der Waals surface area contributed by atoms with Crippen LogP contribution in [0.25, 0.3) is 11.4 Å². The Bertz CT molecular complexity index is 1250. The molecule has 0 amide bonds. The molecule has 2 heterocycles. The lowest BCUT2D eigenvalue weighted by Crippen LogP contribution is -2.24. The Morgan fingerprint density at radius 1 is 1.00 bits per heavy atom. The van der Waals surface area contributed by atoms with Crippen molar-refractivity contribution in [3.63, 3.8) is 0 Å². The van der Waals surface area contributed by atoms with Crippen molar-refractivity contribution >= 4 is 23.2 Å². The normalized spacial score (nSPS) is 15.3. The lowest BCUT2D eigenvalue weighted by Gasteiger charge is -2.19. The minimum absolute atomic E-state index is 0.0270. The van der Waals surface area contributed by atoms with Gasteiger partial charge in [-0.2, -0.15) is 0 Å². The van der Waals surface area contributed by atoms with E-state index < -0.39 is 0 Å². The molecule has 4 aromatic rings. The number of nitrogens with one attached hydrogen (secondary N) is 2. The third-order valence-electron chi connectivity index (χ3n) is 5.77. The first kappa shape index (κ1) is 22.2. The number of benzene rings is 3. The molecule has 34 heavy (non-hydrogen) atoms. The van der Waals surface area contributed by atoms with Crippen molar-refractivity contribution in [3.8, 4) is 17.1 Å². The van der Waals surface area contributed by atoms with Gasteiger partial charge in [-0.05, 0) is 23.8 Å². The van der Waals surface area contributed by atoms with E-state index in [9.17, 15) is 5.11 Å². The highest BCUT2D eigenvalue weighted by Crippen LogP contribution is 2.34. The van der Waals surface area contributed by atoms with Gasteiger partial charge in [0.25, 0.3) is 0 Å². The highest BCUT2D eigenvalue weighted by Gasteiger charge is 2.28. The predicted octanol–water partition coefficient (Wildman–Crippen LogP) is 5.36. The number of hydrogen-bond donors (Lipinski definition) is 3. The molecule has 0 aliphatic carbocycles. The van der Waals surface area contributed by atoms with Gasteiger partial charge in [-0.15, -0.1) is 0 Å². The van der Waals surface area contributed by atoms with E-state index in [0.717, 1.165) is 28.3 Å². The molecule has 172 valence electrons. The Hall–Kier alpha value is -3.61. The van der Waals surface area contributed by atoms with E-state index in [4.69, 9.17) is 26.3 Å². The lowest BCUT2D eigenvalue weighted by atomic mass is 10.1. The van der Waals surface area contributed by atoms with Crippen LogP contribution in [-0.4, -0.2) is 34.3 Å². The van der Waals surface area contributed by atoms with Gasteiger partial charge in [0, 0.05) is 22.6 Å². The van der Waals surface area contributed by atoms with E-state index in [1.807, 2.05) is 78.9 Å². The smallest absolute Gasteiger partial charge is 0.163 e. The molecule has 0 saturated heterocycles. The predicted molar refractivity (Wildman–Crippen MR) is 135 cm³/mol. The maximum Gasteiger partial charge on any atom is 0.163 e. The number of fused-ring (bicyclic) bond motifs is 1. The number of aliphatic hydroxyl groups excluding tert-OH is 1. The Morgan fingerprint density at radius 3 is 2.50 bits per heavy atom. The molecule has 2 atom stereocenters. The summed E-state index contributed by atoms with van der Waals surface area (Å²) in [7, 11) is 0. The first-order valence-corrected chi connectivity index (χ1v) is 11.6. The molecule has 1 unspecified atom stereocenters. The van der Waals surface area contributed by atoms with Gasteiger partial charge in [0.1, 0.15) is 24.0 Å². The summed E-state index contributed by atoms with van der Waals surface area (Å²) in [4.78, 5) is 9.67. The molecule has 1 aliphatic heterocycles. The Labute approximate surface area is 203 Å². The van der Waals surface area contributed by atoms with Gasteiger partial charge in [-0.3, -0.25) is 0 Å². The molecule has 6 nitrogen and oxygen atoms in total. The summed E-state index contributed by atoms with van der Waals surface area (Å²) >= 11 is 6.08. The van der Waals surface area contributed by atoms with E-state index in [-0.39, 0.29) is 18.7 Å². The van der Waals surface area contributed by atoms with Gasteiger partial charge in [-0.1, -0.05) is 78.3 Å². The van der Waals surface area contributed by atoms with Crippen molar-refractivity contribution in [2.24, 2.45) is 0 Å². The van der Waals surface area contributed by atoms with E-state index in [2.05, 4.69) is 10.6 Å². The number of anilines is 2. The van der Waals surface area contributed by atoms with Crippen molar-refractivity contribution in [2.75, 3.05) is 23.8 Å². The summed E-state index contributed by atoms with van der Waals surface area (Å²) in [5.74, 6) is 2.84. The zero-order chi connectivity index (χ0) is 23.3. The van der Waals surface area contributed by atoms with Crippen LogP contribution in [0.3, 0.4) is 0 Å². The minimum atomic E-state index is -0.286. The Kier molecular flexibility index (Phi) is 6.60. The summed E-state index contributed by atoms with van der Waals surface area (Å²) in [6.07, 6.45) is 0.695. The summed E-state index contributed by atoms with van der Waals surface area (Å²) in [6.45, 7) is 0.400. The second kappa shape index (κ2) is 10.1. The van der Waals surface area contributed by atoms with Crippen molar-refractivity contribution in [2.45, 2.75) is 18.5 Å². The quantitative estimate of drug-likeness (QED) is 0.320. The van der Waals surface area contributed by atoms with E-state index >= 15 is 0 Å². The van der Waals surface area contributed by atoms with Gasteiger partial charge in [0.15, 0.2) is 5.82 Å². The molecule has 0 saturated carbocycles. The van der Waals surface area contributed by atoms with Crippen LogP contribution in [-0.2, 0) is 6.42 Å². The molecule has 0 bridgehead atoms. The van der Waals surface area contributed by atoms with Crippen LogP contribution in [0, 0.1) is 0 Å². The van der Waals surface area contributed by atoms with Gasteiger partial charge >= 0.3 is 0 Å². The Balaban J connectivity index is 1.42. The van der Waals surface area contributed by atoms with Crippen molar-refractivity contribution in [3.05, 3.63) is 101 Å². The molecule has 1 aromatic heterocycles. The molecule has 3 aromatic carbocycles. The monoisotopic (exact) mass is 472 g/mol. The Morgan fingerprint density at radius 2 is 1.76 bits per heavy atom. The lowest BCUT2D eigenvalue weighted by molar-refractivity contribution is 0.276. The topological polar surface area (TPSA) is 79.3 Å². The maximum absolute atomic E-state index is 10.1. The van der Waals surface area contributed by atoms with Gasteiger partial charge in [0.2, 0.25) is 0 Å². The first-order chi connectivity index (χ1) is 16.7. The third-order valence-corrected chi connectivity index (χ3v) is 6.01.